The fraction of sp³-hybridized carbons (Fsp3) is 0.133. The molecule has 0 bridgehead atoms. The van der Waals surface area contributed by atoms with Gasteiger partial charge in [-0.1, -0.05) is 35.3 Å². The summed E-state index contributed by atoms with van der Waals surface area (Å²) in [5.74, 6) is 0.569. The Balaban J connectivity index is 2.06. The minimum absolute atomic E-state index is 0.0609. The van der Waals surface area contributed by atoms with E-state index >= 15 is 0 Å². The average Bonchev–Trinajstić information content (AvgIpc) is 2.37. The number of halogens is 2. The molecule has 2 nitrogen and oxygen atoms in total. The Morgan fingerprint density at radius 1 is 1.11 bits per heavy atom. The molecule has 0 unspecified atom stereocenters. The molecule has 0 atom stereocenters. The van der Waals surface area contributed by atoms with Crippen molar-refractivity contribution in [1.82, 2.24) is 0 Å². The number of Topliss-reactive ketones (excluding diaryl/α,β-unsaturated/α-hetero) is 1. The van der Waals surface area contributed by atoms with Crippen molar-refractivity contribution in [3.05, 3.63) is 63.6 Å². The van der Waals surface area contributed by atoms with Gasteiger partial charge in [-0.2, -0.15) is 0 Å². The van der Waals surface area contributed by atoms with Gasteiger partial charge >= 0.3 is 0 Å². The quantitative estimate of drug-likeness (QED) is 0.759. The molecule has 0 aliphatic carbocycles. The lowest BCUT2D eigenvalue weighted by atomic mass is 10.1. The summed E-state index contributed by atoms with van der Waals surface area (Å²) in [5.41, 5.74) is 1.51. The molecule has 0 fully saturated rings. The number of rotatable bonds is 4. The highest BCUT2D eigenvalue weighted by molar-refractivity contribution is 6.34. The maximum Gasteiger partial charge on any atom is 0.161 e. The van der Waals surface area contributed by atoms with Crippen LogP contribution in [0.2, 0.25) is 10.0 Å². The van der Waals surface area contributed by atoms with E-state index in [4.69, 9.17) is 27.9 Å². The number of benzene rings is 2. The van der Waals surface area contributed by atoms with Gasteiger partial charge in [-0.25, -0.2) is 0 Å². The zero-order chi connectivity index (χ0) is 13.8. The summed E-state index contributed by atoms with van der Waals surface area (Å²) in [5, 5.41) is 1.10. The number of hydrogen-bond acceptors (Lipinski definition) is 2. The lowest BCUT2D eigenvalue weighted by Gasteiger charge is -2.08. The Kier molecular flexibility index (Phi) is 4.46. The third-order valence-electron chi connectivity index (χ3n) is 2.64. The lowest BCUT2D eigenvalue weighted by molar-refractivity contribution is 0.101. The van der Waals surface area contributed by atoms with Gasteiger partial charge in [-0.05, 0) is 42.8 Å². The standard InChI is InChI=1S/C15H12Cl2O2/c1-10(18)14-7-6-13(8-15(14)17)19-9-11-2-4-12(16)5-3-11/h2-8H,9H2,1H3. The van der Waals surface area contributed by atoms with E-state index in [0.717, 1.165) is 5.56 Å². The summed E-state index contributed by atoms with van der Waals surface area (Å²) in [7, 11) is 0. The summed E-state index contributed by atoms with van der Waals surface area (Å²) in [4.78, 5) is 11.3. The largest absolute Gasteiger partial charge is 0.489 e. The molecule has 0 spiro atoms. The number of ether oxygens (including phenoxy) is 1. The SMILES string of the molecule is CC(=O)c1ccc(OCc2ccc(Cl)cc2)cc1Cl. The van der Waals surface area contributed by atoms with Crippen molar-refractivity contribution < 1.29 is 9.53 Å². The molecular formula is C15H12Cl2O2. The molecule has 0 radical (unpaired) electrons. The fourth-order valence-corrected chi connectivity index (χ4v) is 2.05. The lowest BCUT2D eigenvalue weighted by Crippen LogP contribution is -1.97. The molecular weight excluding hydrogens is 283 g/mol. The second-order valence-corrected chi connectivity index (χ2v) is 4.96. The van der Waals surface area contributed by atoms with E-state index in [0.29, 0.717) is 28.0 Å². The van der Waals surface area contributed by atoms with Crippen LogP contribution in [0.1, 0.15) is 22.8 Å². The van der Waals surface area contributed by atoms with Gasteiger partial charge in [-0.3, -0.25) is 4.79 Å². The predicted molar refractivity (Wildman–Crippen MR) is 77.2 cm³/mol. The van der Waals surface area contributed by atoms with Crippen LogP contribution in [-0.2, 0) is 6.61 Å². The fourth-order valence-electron chi connectivity index (χ4n) is 1.62. The zero-order valence-electron chi connectivity index (χ0n) is 10.3. The molecule has 4 heteroatoms. The molecule has 2 aromatic rings. The van der Waals surface area contributed by atoms with Crippen molar-refractivity contribution in [2.24, 2.45) is 0 Å². The second-order valence-electron chi connectivity index (χ2n) is 4.11. The molecule has 0 saturated heterocycles. The summed E-state index contributed by atoms with van der Waals surface area (Å²) >= 11 is 11.8. The molecule has 0 saturated carbocycles. The van der Waals surface area contributed by atoms with Gasteiger partial charge in [0.2, 0.25) is 0 Å². The van der Waals surface area contributed by atoms with Gasteiger partial charge in [0, 0.05) is 10.6 Å². The summed E-state index contributed by atoms with van der Waals surface area (Å²) in [6.45, 7) is 1.91. The van der Waals surface area contributed by atoms with Crippen molar-refractivity contribution in [2.75, 3.05) is 0 Å². The van der Waals surface area contributed by atoms with Crippen LogP contribution < -0.4 is 4.74 Å². The van der Waals surface area contributed by atoms with Crippen LogP contribution in [-0.4, -0.2) is 5.78 Å². The maximum atomic E-state index is 11.3. The van der Waals surface area contributed by atoms with Gasteiger partial charge in [0.05, 0.1) is 5.02 Å². The molecule has 0 aliphatic rings. The Morgan fingerprint density at radius 2 is 1.79 bits per heavy atom. The highest BCUT2D eigenvalue weighted by Crippen LogP contribution is 2.23. The topological polar surface area (TPSA) is 26.3 Å². The molecule has 98 valence electrons. The average molecular weight is 295 g/mol. The van der Waals surface area contributed by atoms with Gasteiger partial charge in [-0.15, -0.1) is 0 Å². The van der Waals surface area contributed by atoms with Crippen molar-refractivity contribution in [2.45, 2.75) is 13.5 Å². The molecule has 19 heavy (non-hydrogen) atoms. The molecule has 0 heterocycles. The molecule has 0 N–H and O–H groups in total. The summed E-state index contributed by atoms with van der Waals surface area (Å²) < 4.78 is 5.61. The number of hydrogen-bond donors (Lipinski definition) is 0. The minimum atomic E-state index is -0.0609. The number of carbonyl (C=O) groups excluding carboxylic acids is 1. The van der Waals surface area contributed by atoms with Gasteiger partial charge in [0.25, 0.3) is 0 Å². The van der Waals surface area contributed by atoms with E-state index < -0.39 is 0 Å². The van der Waals surface area contributed by atoms with Gasteiger partial charge in [0.1, 0.15) is 12.4 Å². The molecule has 2 rings (SSSR count). The normalized spacial score (nSPS) is 10.3. The third kappa shape index (κ3) is 3.72. The number of ketones is 1. The first kappa shape index (κ1) is 13.9. The van der Waals surface area contributed by atoms with Gasteiger partial charge in [0.15, 0.2) is 5.78 Å². The van der Waals surface area contributed by atoms with Crippen LogP contribution in [0.5, 0.6) is 5.75 Å². The van der Waals surface area contributed by atoms with E-state index in [9.17, 15) is 4.79 Å². The first-order chi connectivity index (χ1) is 9.06. The number of carbonyl (C=O) groups is 1. The van der Waals surface area contributed by atoms with Crippen molar-refractivity contribution >= 4 is 29.0 Å². The monoisotopic (exact) mass is 294 g/mol. The molecule has 0 aliphatic heterocycles. The molecule has 0 aromatic heterocycles. The highest BCUT2D eigenvalue weighted by Gasteiger charge is 2.06. The molecule has 0 amide bonds. The Labute approximate surface area is 121 Å². The van der Waals surface area contributed by atoms with E-state index in [-0.39, 0.29) is 5.78 Å². The van der Waals surface area contributed by atoms with Crippen LogP contribution in [0, 0.1) is 0 Å². The van der Waals surface area contributed by atoms with Gasteiger partial charge < -0.3 is 4.74 Å². The van der Waals surface area contributed by atoms with E-state index in [2.05, 4.69) is 0 Å². The van der Waals surface area contributed by atoms with E-state index in [1.807, 2.05) is 24.3 Å². The van der Waals surface area contributed by atoms with Crippen molar-refractivity contribution in [3.63, 3.8) is 0 Å². The maximum absolute atomic E-state index is 11.3. The summed E-state index contributed by atoms with van der Waals surface area (Å²) in [6.07, 6.45) is 0. The van der Waals surface area contributed by atoms with Crippen LogP contribution >= 0.6 is 23.2 Å². The van der Waals surface area contributed by atoms with Crippen molar-refractivity contribution in [3.8, 4) is 5.75 Å². The van der Waals surface area contributed by atoms with Crippen LogP contribution in [0.15, 0.2) is 42.5 Å². The van der Waals surface area contributed by atoms with E-state index in [1.54, 1.807) is 18.2 Å². The summed E-state index contributed by atoms with van der Waals surface area (Å²) in [6, 6.07) is 12.5. The first-order valence-corrected chi connectivity index (χ1v) is 6.49. The smallest absolute Gasteiger partial charge is 0.161 e. The highest BCUT2D eigenvalue weighted by atomic mass is 35.5. The van der Waals surface area contributed by atoms with Crippen LogP contribution in [0.4, 0.5) is 0 Å². The Bertz CT molecular complexity index is 592. The van der Waals surface area contributed by atoms with E-state index in [1.165, 1.54) is 6.92 Å². The molecule has 2 aromatic carbocycles. The zero-order valence-corrected chi connectivity index (χ0v) is 11.8. The Hall–Kier alpha value is -1.51. The first-order valence-electron chi connectivity index (χ1n) is 5.74. The third-order valence-corrected chi connectivity index (χ3v) is 3.20. The minimum Gasteiger partial charge on any atom is -0.489 e. The Morgan fingerprint density at radius 3 is 2.37 bits per heavy atom. The second kappa shape index (κ2) is 6.09. The van der Waals surface area contributed by atoms with Crippen LogP contribution in [0.3, 0.4) is 0 Å². The van der Waals surface area contributed by atoms with Crippen molar-refractivity contribution in [1.29, 1.82) is 0 Å². The predicted octanol–water partition coefficient (Wildman–Crippen LogP) is 4.78. The van der Waals surface area contributed by atoms with Crippen LogP contribution in [0.25, 0.3) is 0 Å².